The van der Waals surface area contributed by atoms with E-state index in [4.69, 9.17) is 4.74 Å². The van der Waals surface area contributed by atoms with Crippen LogP contribution in [0.3, 0.4) is 0 Å². The Labute approximate surface area is 154 Å². The minimum Gasteiger partial charge on any atom is -0.451 e. The second-order valence-corrected chi connectivity index (χ2v) is 7.00. The quantitative estimate of drug-likeness (QED) is 0.677. The first-order chi connectivity index (χ1) is 12.5. The van der Waals surface area contributed by atoms with E-state index in [-0.39, 0.29) is 24.4 Å². The molecule has 0 radical (unpaired) electrons. The van der Waals surface area contributed by atoms with Gasteiger partial charge in [-0.1, -0.05) is 36.4 Å². The number of amides is 1. The van der Waals surface area contributed by atoms with Crippen molar-refractivity contribution < 1.29 is 18.7 Å². The molecule has 1 aromatic heterocycles. The zero-order valence-electron chi connectivity index (χ0n) is 14.4. The molecule has 1 amide bonds. The molecule has 1 N–H and O–H groups in total. The molecule has 0 spiro atoms. The maximum atomic E-state index is 13.9. The van der Waals surface area contributed by atoms with Crippen molar-refractivity contribution in [1.29, 1.82) is 0 Å². The fourth-order valence-corrected chi connectivity index (χ4v) is 3.87. The minimum absolute atomic E-state index is 0.192. The van der Waals surface area contributed by atoms with Gasteiger partial charge in [0, 0.05) is 10.1 Å². The molecule has 2 aromatic carbocycles. The van der Waals surface area contributed by atoms with E-state index < -0.39 is 5.97 Å². The zero-order chi connectivity index (χ0) is 18.7. The number of aryl methyl sites for hydroxylation is 1. The van der Waals surface area contributed by atoms with Crippen LogP contribution in [0.25, 0.3) is 10.1 Å². The molecule has 0 saturated carbocycles. The highest BCUT2D eigenvalue weighted by Gasteiger charge is 2.20. The summed E-state index contributed by atoms with van der Waals surface area (Å²) in [6, 6.07) is 14.0. The molecule has 4 nitrogen and oxygen atoms in total. The molecular weight excluding hydrogens is 353 g/mol. The van der Waals surface area contributed by atoms with Gasteiger partial charge in [0.15, 0.2) is 6.61 Å². The van der Waals surface area contributed by atoms with Gasteiger partial charge in [0.2, 0.25) is 0 Å². The number of ether oxygens (including phenoxy) is 1. The van der Waals surface area contributed by atoms with Crippen molar-refractivity contribution in [2.45, 2.75) is 19.9 Å². The molecule has 1 heterocycles. The topological polar surface area (TPSA) is 55.4 Å². The number of hydrogen-bond acceptors (Lipinski definition) is 4. The van der Waals surface area contributed by atoms with Crippen LogP contribution in [0, 0.1) is 12.7 Å². The van der Waals surface area contributed by atoms with Crippen LogP contribution in [-0.4, -0.2) is 18.5 Å². The summed E-state index contributed by atoms with van der Waals surface area (Å²) in [5.41, 5.74) is 1.49. The number of nitrogens with one attached hydrogen (secondary N) is 1. The summed E-state index contributed by atoms with van der Waals surface area (Å²) in [5.74, 6) is -1.38. The first kappa shape index (κ1) is 18.1. The fourth-order valence-electron chi connectivity index (χ4n) is 2.75. The molecule has 1 atom stereocenters. The number of hydrogen-bond donors (Lipinski definition) is 1. The number of fused-ring (bicyclic) bond motifs is 1. The maximum Gasteiger partial charge on any atom is 0.349 e. The van der Waals surface area contributed by atoms with Crippen molar-refractivity contribution in [3.63, 3.8) is 0 Å². The Morgan fingerprint density at radius 2 is 1.88 bits per heavy atom. The van der Waals surface area contributed by atoms with Crippen molar-refractivity contribution in [1.82, 2.24) is 5.32 Å². The minimum atomic E-state index is -0.620. The Hall–Kier alpha value is -2.73. The largest absolute Gasteiger partial charge is 0.451 e. The number of halogens is 1. The zero-order valence-corrected chi connectivity index (χ0v) is 15.2. The highest BCUT2D eigenvalue weighted by atomic mass is 32.1. The van der Waals surface area contributed by atoms with Gasteiger partial charge in [-0.2, -0.15) is 0 Å². The normalized spacial score (nSPS) is 12.0. The third-order valence-corrected chi connectivity index (χ3v) is 5.34. The van der Waals surface area contributed by atoms with Crippen LogP contribution in [0.2, 0.25) is 0 Å². The number of esters is 1. The Bertz CT molecular complexity index is 952. The molecule has 0 aliphatic carbocycles. The van der Waals surface area contributed by atoms with Gasteiger partial charge >= 0.3 is 5.97 Å². The van der Waals surface area contributed by atoms with E-state index in [9.17, 15) is 14.0 Å². The Kier molecular flexibility index (Phi) is 5.32. The second kappa shape index (κ2) is 7.66. The first-order valence-corrected chi connectivity index (χ1v) is 8.98. The van der Waals surface area contributed by atoms with Gasteiger partial charge in [-0.15, -0.1) is 11.3 Å². The van der Waals surface area contributed by atoms with E-state index in [1.54, 1.807) is 19.1 Å². The SMILES string of the molecule is Cc1c(C(=O)OCC(=O)N[C@@H](C)c2ccccc2)sc2cccc(F)c12. The first-order valence-electron chi connectivity index (χ1n) is 8.16. The average molecular weight is 371 g/mol. The van der Waals surface area contributed by atoms with Crippen molar-refractivity contribution >= 4 is 33.3 Å². The fraction of sp³-hybridized carbons (Fsp3) is 0.200. The smallest absolute Gasteiger partial charge is 0.349 e. The van der Waals surface area contributed by atoms with E-state index in [1.165, 1.54) is 6.07 Å². The van der Waals surface area contributed by atoms with Gasteiger partial charge in [0.1, 0.15) is 10.7 Å². The highest BCUT2D eigenvalue weighted by molar-refractivity contribution is 7.21. The standard InChI is InChI=1S/C20H18FNO3S/c1-12-18-15(21)9-6-10-16(18)26-19(12)20(24)25-11-17(23)22-13(2)14-7-4-3-5-8-14/h3-10,13H,11H2,1-2H3,(H,22,23)/t13-/m0/s1. The van der Waals surface area contributed by atoms with E-state index in [0.717, 1.165) is 16.9 Å². The van der Waals surface area contributed by atoms with Crippen molar-refractivity contribution in [3.8, 4) is 0 Å². The number of carbonyl (C=O) groups excluding carboxylic acids is 2. The predicted octanol–water partition coefficient (Wildman–Crippen LogP) is 4.38. The summed E-state index contributed by atoms with van der Waals surface area (Å²) in [7, 11) is 0. The molecule has 0 bridgehead atoms. The Balaban J connectivity index is 1.63. The average Bonchev–Trinajstić information content (AvgIpc) is 2.98. The molecule has 0 unspecified atom stereocenters. The van der Waals surface area contributed by atoms with Gasteiger partial charge < -0.3 is 10.1 Å². The van der Waals surface area contributed by atoms with Gasteiger partial charge in [-0.25, -0.2) is 9.18 Å². The third kappa shape index (κ3) is 3.75. The summed E-state index contributed by atoms with van der Waals surface area (Å²) in [6.45, 7) is 3.15. The van der Waals surface area contributed by atoms with Crippen LogP contribution in [-0.2, 0) is 9.53 Å². The van der Waals surface area contributed by atoms with Crippen LogP contribution in [0.15, 0.2) is 48.5 Å². The lowest BCUT2D eigenvalue weighted by molar-refractivity contribution is -0.124. The molecule has 0 saturated heterocycles. The summed E-state index contributed by atoms with van der Waals surface area (Å²) in [6.07, 6.45) is 0. The Morgan fingerprint density at radius 3 is 2.58 bits per heavy atom. The molecule has 0 aliphatic rings. The molecule has 3 rings (SSSR count). The monoisotopic (exact) mass is 371 g/mol. The van der Waals surface area contributed by atoms with Crippen LogP contribution >= 0.6 is 11.3 Å². The lowest BCUT2D eigenvalue weighted by Crippen LogP contribution is -2.31. The van der Waals surface area contributed by atoms with Crippen molar-refractivity contribution in [2.75, 3.05) is 6.61 Å². The summed E-state index contributed by atoms with van der Waals surface area (Å²) in [5, 5.41) is 3.20. The number of thiophene rings is 1. The van der Waals surface area contributed by atoms with Crippen LogP contribution in [0.1, 0.15) is 33.8 Å². The maximum absolute atomic E-state index is 13.9. The van der Waals surface area contributed by atoms with Crippen molar-refractivity contribution in [3.05, 3.63) is 70.4 Å². The van der Waals surface area contributed by atoms with E-state index >= 15 is 0 Å². The number of benzene rings is 2. The molecule has 6 heteroatoms. The number of rotatable bonds is 5. The van der Waals surface area contributed by atoms with Crippen LogP contribution < -0.4 is 5.32 Å². The van der Waals surface area contributed by atoms with Crippen molar-refractivity contribution in [2.24, 2.45) is 0 Å². The summed E-state index contributed by atoms with van der Waals surface area (Å²) < 4.78 is 19.7. The predicted molar refractivity (Wildman–Crippen MR) is 99.8 cm³/mol. The van der Waals surface area contributed by atoms with E-state index in [2.05, 4.69) is 5.32 Å². The molecule has 0 aliphatic heterocycles. The molecular formula is C20H18FNO3S. The lowest BCUT2D eigenvalue weighted by atomic mass is 10.1. The van der Waals surface area contributed by atoms with E-state index in [0.29, 0.717) is 20.5 Å². The van der Waals surface area contributed by atoms with Crippen LogP contribution in [0.5, 0.6) is 0 Å². The molecule has 134 valence electrons. The van der Waals surface area contributed by atoms with Gasteiger partial charge in [0.25, 0.3) is 5.91 Å². The van der Waals surface area contributed by atoms with Gasteiger partial charge in [-0.3, -0.25) is 4.79 Å². The second-order valence-electron chi connectivity index (χ2n) is 5.95. The highest BCUT2D eigenvalue weighted by Crippen LogP contribution is 2.32. The number of carbonyl (C=O) groups is 2. The van der Waals surface area contributed by atoms with Gasteiger partial charge in [0.05, 0.1) is 6.04 Å². The molecule has 26 heavy (non-hydrogen) atoms. The third-order valence-electron chi connectivity index (χ3n) is 4.10. The van der Waals surface area contributed by atoms with E-state index in [1.807, 2.05) is 37.3 Å². The summed E-state index contributed by atoms with van der Waals surface area (Å²) in [4.78, 5) is 24.6. The lowest BCUT2D eigenvalue weighted by Gasteiger charge is -2.14. The molecule has 0 fully saturated rings. The van der Waals surface area contributed by atoms with Gasteiger partial charge in [-0.05, 0) is 37.1 Å². The van der Waals surface area contributed by atoms with Crippen LogP contribution in [0.4, 0.5) is 4.39 Å². The Morgan fingerprint density at radius 1 is 1.15 bits per heavy atom. The molecule has 3 aromatic rings. The summed E-state index contributed by atoms with van der Waals surface area (Å²) >= 11 is 1.16.